The fourth-order valence-corrected chi connectivity index (χ4v) is 8.63. The summed E-state index contributed by atoms with van der Waals surface area (Å²) in [6.45, 7) is 1.19. The molecule has 6 heteroatoms. The highest BCUT2D eigenvalue weighted by Gasteiger charge is 2.57. The number of rotatable bonds is 8. The Morgan fingerprint density at radius 3 is 1.73 bits per heavy atom. The maximum absolute atomic E-state index is 10.2. The largest absolute Gasteiger partial charge is 0.234 e. The molecule has 0 saturated heterocycles. The molecule has 0 unspecified atom stereocenters. The SMILES string of the molecule is O=C=NCCSC12CC3CC(C1)CC(SCCN=C=O)(C3)C2. The first-order chi connectivity index (χ1) is 10.7. The summed E-state index contributed by atoms with van der Waals surface area (Å²) in [4.78, 5) is 27.8. The van der Waals surface area contributed by atoms with Crippen molar-refractivity contribution >= 4 is 35.7 Å². The van der Waals surface area contributed by atoms with Gasteiger partial charge in [0, 0.05) is 21.0 Å². The molecule has 0 atom stereocenters. The van der Waals surface area contributed by atoms with Gasteiger partial charge < -0.3 is 0 Å². The second kappa shape index (κ2) is 6.92. The van der Waals surface area contributed by atoms with Crippen molar-refractivity contribution in [1.82, 2.24) is 0 Å². The molecule has 4 aliphatic rings. The minimum atomic E-state index is 0.406. The van der Waals surface area contributed by atoms with Crippen molar-refractivity contribution in [2.24, 2.45) is 21.8 Å². The van der Waals surface area contributed by atoms with Crippen LogP contribution in [0.3, 0.4) is 0 Å². The highest BCUT2D eigenvalue weighted by atomic mass is 32.2. The summed E-state index contributed by atoms with van der Waals surface area (Å²) in [5.74, 6) is 3.60. The second-order valence-electron chi connectivity index (χ2n) is 6.97. The average Bonchev–Trinajstić information content (AvgIpc) is 2.47. The van der Waals surface area contributed by atoms with Gasteiger partial charge in [-0.1, -0.05) is 0 Å². The lowest BCUT2D eigenvalue weighted by molar-refractivity contribution is 0.0575. The number of aliphatic imine (C=N–C) groups is 2. The lowest BCUT2D eigenvalue weighted by Gasteiger charge is -2.61. The molecule has 0 aromatic rings. The Morgan fingerprint density at radius 1 is 0.864 bits per heavy atom. The molecule has 4 rings (SSSR count). The Kier molecular flexibility index (Phi) is 5.13. The van der Waals surface area contributed by atoms with Crippen LogP contribution in [0, 0.1) is 11.8 Å². The smallest absolute Gasteiger partial charge is 0.211 e. The lowest BCUT2D eigenvalue weighted by Crippen LogP contribution is -2.56. The zero-order chi connectivity index (χ0) is 15.5. The third-order valence-corrected chi connectivity index (χ3v) is 8.26. The van der Waals surface area contributed by atoms with Crippen LogP contribution in [0.15, 0.2) is 9.98 Å². The van der Waals surface area contributed by atoms with Gasteiger partial charge in [0.15, 0.2) is 0 Å². The normalized spacial score (nSPS) is 38.4. The molecule has 0 radical (unpaired) electrons. The molecular weight excluding hydrogens is 316 g/mol. The third-order valence-electron chi connectivity index (χ3n) is 5.31. The molecule has 4 nitrogen and oxygen atoms in total. The van der Waals surface area contributed by atoms with Gasteiger partial charge in [-0.15, -0.1) is 0 Å². The monoisotopic (exact) mass is 338 g/mol. The lowest BCUT2D eigenvalue weighted by atomic mass is 9.55. The van der Waals surface area contributed by atoms with Crippen LogP contribution in [0.1, 0.15) is 38.5 Å². The maximum Gasteiger partial charge on any atom is 0.234 e. The van der Waals surface area contributed by atoms with Crippen LogP contribution >= 0.6 is 23.5 Å². The van der Waals surface area contributed by atoms with E-state index in [1.807, 2.05) is 23.5 Å². The summed E-state index contributed by atoms with van der Waals surface area (Å²) >= 11 is 4.09. The van der Waals surface area contributed by atoms with Crippen molar-refractivity contribution in [2.75, 3.05) is 24.6 Å². The van der Waals surface area contributed by atoms with Crippen molar-refractivity contribution in [1.29, 1.82) is 0 Å². The molecule has 0 aromatic carbocycles. The van der Waals surface area contributed by atoms with Gasteiger partial charge in [0.25, 0.3) is 0 Å². The van der Waals surface area contributed by atoms with E-state index in [1.54, 1.807) is 12.2 Å². The zero-order valence-electron chi connectivity index (χ0n) is 12.8. The van der Waals surface area contributed by atoms with Crippen LogP contribution in [0.5, 0.6) is 0 Å². The quantitative estimate of drug-likeness (QED) is 0.387. The topological polar surface area (TPSA) is 58.9 Å². The summed E-state index contributed by atoms with van der Waals surface area (Å²) in [6.07, 6.45) is 11.3. The number of hydrogen-bond donors (Lipinski definition) is 0. The Labute approximate surface area is 140 Å². The molecule has 0 aromatic heterocycles. The maximum atomic E-state index is 10.2. The van der Waals surface area contributed by atoms with Crippen molar-refractivity contribution in [3.8, 4) is 0 Å². The molecule has 0 spiro atoms. The molecule has 0 heterocycles. The first kappa shape index (κ1) is 16.3. The van der Waals surface area contributed by atoms with Gasteiger partial charge in [-0.05, 0) is 50.4 Å². The van der Waals surface area contributed by atoms with Crippen LogP contribution in [-0.4, -0.2) is 46.2 Å². The highest BCUT2D eigenvalue weighted by Crippen LogP contribution is 2.65. The minimum absolute atomic E-state index is 0.406. The van der Waals surface area contributed by atoms with E-state index in [4.69, 9.17) is 0 Å². The third kappa shape index (κ3) is 3.51. The summed E-state index contributed by atoms with van der Waals surface area (Å²) in [5.41, 5.74) is 0. The minimum Gasteiger partial charge on any atom is -0.211 e. The number of isocyanates is 2. The van der Waals surface area contributed by atoms with Gasteiger partial charge in [-0.25, -0.2) is 19.6 Å². The molecule has 4 aliphatic carbocycles. The number of carbonyl (C=O) groups excluding carboxylic acids is 2. The predicted molar refractivity (Wildman–Crippen MR) is 91.0 cm³/mol. The summed E-state index contributed by atoms with van der Waals surface area (Å²) in [6, 6.07) is 0. The summed E-state index contributed by atoms with van der Waals surface area (Å²) in [5, 5.41) is 0. The predicted octanol–water partition coefficient (Wildman–Crippen LogP) is 3.22. The van der Waals surface area contributed by atoms with E-state index in [9.17, 15) is 9.59 Å². The molecule has 4 saturated carbocycles. The van der Waals surface area contributed by atoms with Gasteiger partial charge >= 0.3 is 0 Å². The van der Waals surface area contributed by atoms with E-state index in [2.05, 4.69) is 9.98 Å². The Balaban J connectivity index is 1.64. The molecule has 4 bridgehead atoms. The fraction of sp³-hybridized carbons (Fsp3) is 0.875. The highest BCUT2D eigenvalue weighted by molar-refractivity contribution is 8.01. The van der Waals surface area contributed by atoms with Crippen LogP contribution in [0.25, 0.3) is 0 Å². The van der Waals surface area contributed by atoms with E-state index >= 15 is 0 Å². The van der Waals surface area contributed by atoms with Gasteiger partial charge in [0.1, 0.15) is 0 Å². The average molecular weight is 338 g/mol. The molecule has 0 amide bonds. The first-order valence-electron chi connectivity index (χ1n) is 8.04. The van der Waals surface area contributed by atoms with Crippen molar-refractivity contribution in [3.63, 3.8) is 0 Å². The molecule has 4 fully saturated rings. The number of nitrogens with zero attached hydrogens (tertiary/aromatic N) is 2. The zero-order valence-corrected chi connectivity index (χ0v) is 14.4. The Hall–Kier alpha value is -0.540. The van der Waals surface area contributed by atoms with Crippen LogP contribution in [0.4, 0.5) is 0 Å². The van der Waals surface area contributed by atoms with Gasteiger partial charge in [-0.2, -0.15) is 23.5 Å². The van der Waals surface area contributed by atoms with Crippen molar-refractivity contribution < 1.29 is 9.59 Å². The first-order valence-corrected chi connectivity index (χ1v) is 10.0. The molecule has 0 aliphatic heterocycles. The van der Waals surface area contributed by atoms with Crippen molar-refractivity contribution in [2.45, 2.75) is 48.0 Å². The van der Waals surface area contributed by atoms with Gasteiger partial charge in [0.05, 0.1) is 13.1 Å². The Bertz CT molecular complexity index is 456. The van der Waals surface area contributed by atoms with Crippen molar-refractivity contribution in [3.05, 3.63) is 0 Å². The van der Waals surface area contributed by atoms with E-state index in [1.165, 1.54) is 38.5 Å². The van der Waals surface area contributed by atoms with E-state index in [-0.39, 0.29) is 0 Å². The number of hydrogen-bond acceptors (Lipinski definition) is 6. The van der Waals surface area contributed by atoms with E-state index in [0.717, 1.165) is 23.3 Å². The van der Waals surface area contributed by atoms with Crippen LogP contribution in [0.2, 0.25) is 0 Å². The summed E-state index contributed by atoms with van der Waals surface area (Å²) in [7, 11) is 0. The number of thioether (sulfide) groups is 2. The fourth-order valence-electron chi connectivity index (χ4n) is 5.14. The molecule has 120 valence electrons. The van der Waals surface area contributed by atoms with E-state index in [0.29, 0.717) is 22.6 Å². The molecule has 22 heavy (non-hydrogen) atoms. The van der Waals surface area contributed by atoms with Crippen LogP contribution < -0.4 is 0 Å². The standard InChI is InChI=1S/C16H22N2O2S2/c19-11-17-1-3-21-15-6-13-5-14(7-15)9-16(8-13,10-15)22-4-2-18-12-20/h13-14H,1-10H2. The molecular formula is C16H22N2O2S2. The van der Waals surface area contributed by atoms with Crippen LogP contribution in [-0.2, 0) is 9.59 Å². The molecule has 0 N–H and O–H groups in total. The van der Waals surface area contributed by atoms with Gasteiger partial charge in [-0.3, -0.25) is 0 Å². The Morgan fingerprint density at radius 2 is 1.32 bits per heavy atom. The van der Waals surface area contributed by atoms with Gasteiger partial charge in [0.2, 0.25) is 12.2 Å². The second-order valence-corrected chi connectivity index (χ2v) is 10.1. The summed E-state index contributed by atoms with van der Waals surface area (Å²) < 4.78 is 0.812. The van der Waals surface area contributed by atoms with E-state index < -0.39 is 0 Å².